The van der Waals surface area contributed by atoms with Crippen molar-refractivity contribution in [3.8, 4) is 22.3 Å². The number of rotatable bonds is 4. The van der Waals surface area contributed by atoms with Gasteiger partial charge < -0.3 is 9.47 Å². The van der Waals surface area contributed by atoms with E-state index in [0.29, 0.717) is 30.9 Å². The predicted octanol–water partition coefficient (Wildman–Crippen LogP) is 8.13. The average Bonchev–Trinajstić information content (AvgIpc) is 2.77. The van der Waals surface area contributed by atoms with Crippen LogP contribution in [0, 0.1) is 29.2 Å². The van der Waals surface area contributed by atoms with Gasteiger partial charge in [0, 0.05) is 22.6 Å². The Morgan fingerprint density at radius 1 is 0.778 bits per heavy atom. The van der Waals surface area contributed by atoms with Gasteiger partial charge in [0.2, 0.25) is 0 Å². The van der Waals surface area contributed by atoms with Crippen molar-refractivity contribution in [2.75, 3.05) is 13.2 Å². The van der Waals surface area contributed by atoms with Crippen molar-refractivity contribution in [3.05, 3.63) is 89.0 Å². The van der Waals surface area contributed by atoms with Crippen molar-refractivity contribution >= 4 is 5.83 Å². The summed E-state index contributed by atoms with van der Waals surface area (Å²) in [5.74, 6) is -6.90. The van der Waals surface area contributed by atoms with E-state index in [4.69, 9.17) is 9.47 Å². The summed E-state index contributed by atoms with van der Waals surface area (Å²) >= 11 is 0. The van der Waals surface area contributed by atoms with Gasteiger partial charge in [-0.15, -0.1) is 0 Å². The molecule has 4 rings (SSSR count). The second-order valence-electron chi connectivity index (χ2n) is 8.39. The van der Waals surface area contributed by atoms with E-state index < -0.39 is 53.2 Å². The Morgan fingerprint density at radius 2 is 1.31 bits per heavy atom. The zero-order chi connectivity index (χ0) is 26.2. The topological polar surface area (TPSA) is 18.5 Å². The monoisotopic (exact) mass is 514 g/mol. The highest BCUT2D eigenvalue weighted by Gasteiger charge is 2.28. The Labute approximate surface area is 200 Å². The SMILES string of the molecule is CC1COC(c2ccc(-c3ccc(-c4cc(F)c(/C(F)=C/C(F)(F)F)c(F)c4)c(F)c3)c(F)c2)OC1. The maximum atomic E-state index is 14.9. The Morgan fingerprint density at radius 3 is 1.86 bits per heavy atom. The van der Waals surface area contributed by atoms with E-state index in [1.165, 1.54) is 18.2 Å². The van der Waals surface area contributed by atoms with Gasteiger partial charge in [0.1, 0.15) is 29.1 Å². The third-order valence-corrected chi connectivity index (χ3v) is 5.49. The maximum absolute atomic E-state index is 14.9. The minimum Gasteiger partial charge on any atom is -0.348 e. The maximum Gasteiger partial charge on any atom is 0.412 e. The van der Waals surface area contributed by atoms with E-state index in [2.05, 4.69) is 0 Å². The average molecular weight is 514 g/mol. The van der Waals surface area contributed by atoms with E-state index >= 15 is 0 Å². The Hall–Kier alpha value is -3.24. The largest absolute Gasteiger partial charge is 0.412 e. The molecule has 190 valence electrons. The summed E-state index contributed by atoms with van der Waals surface area (Å²) in [6, 6.07) is 8.58. The van der Waals surface area contributed by atoms with Gasteiger partial charge in [-0.2, -0.15) is 13.2 Å². The predicted molar refractivity (Wildman–Crippen MR) is 116 cm³/mol. The standard InChI is InChI=1S/C26H18F8O2/c1-13-11-35-25(36-12-13)15-3-5-17(20(28)7-15)14-2-4-18(19(27)6-14)16-8-21(29)24(22(30)9-16)23(31)10-26(32,33)34/h2-10,13,25H,11-12H2,1H3/b23-10-. The van der Waals surface area contributed by atoms with Gasteiger partial charge in [0.05, 0.1) is 24.9 Å². The fourth-order valence-electron chi connectivity index (χ4n) is 3.79. The molecule has 0 saturated carbocycles. The van der Waals surface area contributed by atoms with Crippen molar-refractivity contribution < 1.29 is 44.6 Å². The molecule has 1 aliphatic heterocycles. The van der Waals surface area contributed by atoms with Crippen LogP contribution in [0.3, 0.4) is 0 Å². The summed E-state index contributed by atoms with van der Waals surface area (Å²) in [4.78, 5) is 0. The van der Waals surface area contributed by atoms with Crippen LogP contribution < -0.4 is 0 Å². The molecule has 2 nitrogen and oxygen atoms in total. The van der Waals surface area contributed by atoms with Crippen LogP contribution in [0.2, 0.25) is 0 Å². The molecule has 0 aliphatic carbocycles. The normalized spacial score (nSPS) is 19.0. The van der Waals surface area contributed by atoms with Crippen molar-refractivity contribution in [1.82, 2.24) is 0 Å². The second kappa shape index (κ2) is 10.0. The fraction of sp³-hybridized carbons (Fsp3) is 0.231. The molecule has 0 radical (unpaired) electrons. The second-order valence-corrected chi connectivity index (χ2v) is 8.39. The number of ether oxygens (including phenoxy) is 2. The first-order valence-electron chi connectivity index (χ1n) is 10.7. The molecular weight excluding hydrogens is 496 g/mol. The summed E-state index contributed by atoms with van der Waals surface area (Å²) in [7, 11) is 0. The molecule has 3 aromatic carbocycles. The smallest absolute Gasteiger partial charge is 0.348 e. The molecule has 1 fully saturated rings. The third kappa shape index (κ3) is 5.60. The zero-order valence-corrected chi connectivity index (χ0v) is 18.6. The summed E-state index contributed by atoms with van der Waals surface area (Å²) in [6.07, 6.45) is -6.74. The molecule has 1 saturated heterocycles. The lowest BCUT2D eigenvalue weighted by molar-refractivity contribution is -0.202. The first kappa shape index (κ1) is 25.8. The summed E-state index contributed by atoms with van der Waals surface area (Å²) in [6.45, 7) is 2.85. The molecule has 0 N–H and O–H groups in total. The van der Waals surface area contributed by atoms with E-state index in [1.54, 1.807) is 6.07 Å². The quantitative estimate of drug-likeness (QED) is 0.327. The molecule has 1 aliphatic rings. The fourth-order valence-corrected chi connectivity index (χ4v) is 3.79. The molecule has 0 unspecified atom stereocenters. The first-order chi connectivity index (χ1) is 16.9. The van der Waals surface area contributed by atoms with Crippen LogP contribution in [0.1, 0.15) is 24.3 Å². The third-order valence-electron chi connectivity index (χ3n) is 5.49. The molecule has 36 heavy (non-hydrogen) atoms. The lowest BCUT2D eigenvalue weighted by Crippen LogP contribution is -2.25. The molecular formula is C26H18F8O2. The minimum atomic E-state index is -5.13. The minimum absolute atomic E-state index is 0.0421. The van der Waals surface area contributed by atoms with Crippen LogP contribution in [0.4, 0.5) is 35.1 Å². The summed E-state index contributed by atoms with van der Waals surface area (Å²) in [5.41, 5.74) is -1.61. The van der Waals surface area contributed by atoms with Gasteiger partial charge >= 0.3 is 6.18 Å². The van der Waals surface area contributed by atoms with Crippen LogP contribution in [0.5, 0.6) is 0 Å². The number of benzene rings is 3. The molecule has 0 aromatic heterocycles. The number of halogens is 8. The summed E-state index contributed by atoms with van der Waals surface area (Å²) in [5, 5.41) is 0. The van der Waals surface area contributed by atoms with Crippen molar-refractivity contribution in [1.29, 1.82) is 0 Å². The Balaban J connectivity index is 1.62. The first-order valence-corrected chi connectivity index (χ1v) is 10.7. The summed E-state index contributed by atoms with van der Waals surface area (Å²) < 4.78 is 120. The van der Waals surface area contributed by atoms with Crippen molar-refractivity contribution in [3.63, 3.8) is 0 Å². The number of hydrogen-bond acceptors (Lipinski definition) is 2. The van der Waals surface area contributed by atoms with Gasteiger partial charge in [0.25, 0.3) is 0 Å². The van der Waals surface area contributed by atoms with Gasteiger partial charge in [-0.1, -0.05) is 31.2 Å². The molecule has 3 aromatic rings. The van der Waals surface area contributed by atoms with Crippen molar-refractivity contribution in [2.45, 2.75) is 19.4 Å². The van der Waals surface area contributed by atoms with Gasteiger partial charge in [-0.05, 0) is 35.4 Å². The van der Waals surface area contributed by atoms with E-state index in [-0.39, 0.29) is 28.2 Å². The highest BCUT2D eigenvalue weighted by Crippen LogP contribution is 2.35. The number of allylic oxidation sites excluding steroid dienone is 1. The van der Waals surface area contributed by atoms with Crippen LogP contribution in [0.25, 0.3) is 28.1 Å². The molecule has 0 spiro atoms. The Bertz CT molecular complexity index is 1280. The highest BCUT2D eigenvalue weighted by atomic mass is 19.4. The van der Waals surface area contributed by atoms with Crippen LogP contribution in [-0.4, -0.2) is 19.4 Å². The molecule has 0 atom stereocenters. The number of alkyl halides is 3. The van der Waals surface area contributed by atoms with Crippen molar-refractivity contribution in [2.24, 2.45) is 5.92 Å². The molecule has 0 bridgehead atoms. The van der Waals surface area contributed by atoms with Gasteiger partial charge in [-0.3, -0.25) is 0 Å². The molecule has 10 heteroatoms. The van der Waals surface area contributed by atoms with Crippen LogP contribution in [0.15, 0.2) is 54.6 Å². The lowest BCUT2D eigenvalue weighted by atomic mass is 9.97. The number of hydrogen-bond donors (Lipinski definition) is 0. The zero-order valence-electron chi connectivity index (χ0n) is 18.6. The molecule has 1 heterocycles. The van der Waals surface area contributed by atoms with E-state index in [1.807, 2.05) is 6.92 Å². The molecule has 0 amide bonds. The van der Waals surface area contributed by atoms with Crippen LogP contribution >= 0.6 is 0 Å². The van der Waals surface area contributed by atoms with Crippen LogP contribution in [-0.2, 0) is 9.47 Å². The van der Waals surface area contributed by atoms with Gasteiger partial charge in [0.15, 0.2) is 6.29 Å². The van der Waals surface area contributed by atoms with Gasteiger partial charge in [-0.25, -0.2) is 22.0 Å². The lowest BCUT2D eigenvalue weighted by Gasteiger charge is -2.27. The highest BCUT2D eigenvalue weighted by molar-refractivity contribution is 5.73. The van der Waals surface area contributed by atoms with E-state index in [9.17, 15) is 35.1 Å². The Kier molecular flexibility index (Phi) is 7.19. The van der Waals surface area contributed by atoms with E-state index in [0.717, 1.165) is 12.1 Å².